The van der Waals surface area contributed by atoms with Crippen molar-refractivity contribution in [2.24, 2.45) is 0 Å². The summed E-state index contributed by atoms with van der Waals surface area (Å²) < 4.78 is 5.48. The molecule has 3 aromatic rings. The molecule has 148 valence electrons. The van der Waals surface area contributed by atoms with E-state index in [1.807, 2.05) is 48.5 Å². The molecule has 3 rings (SSSR count). The number of nitrogens with zero attached hydrogens (tertiary/aromatic N) is 2. The Balaban J connectivity index is 1.98. The van der Waals surface area contributed by atoms with Crippen molar-refractivity contribution in [2.75, 3.05) is 12.0 Å². The SMILES string of the molecule is COc1cc(N(Cc2cc#ccc2)Cc2ccccc2)ccc1C=C(C#N)C(=O)O. The minimum Gasteiger partial charge on any atom is -0.496 e. The molecular formula is C25H20N2O3. The first-order chi connectivity index (χ1) is 14.6. The summed E-state index contributed by atoms with van der Waals surface area (Å²) in [5.41, 5.74) is 3.34. The van der Waals surface area contributed by atoms with Crippen LogP contribution in [-0.4, -0.2) is 18.2 Å². The Morgan fingerprint density at radius 2 is 1.90 bits per heavy atom. The average Bonchev–Trinajstić information content (AvgIpc) is 2.78. The van der Waals surface area contributed by atoms with Crippen molar-refractivity contribution >= 4 is 17.7 Å². The van der Waals surface area contributed by atoms with Crippen LogP contribution in [0.2, 0.25) is 0 Å². The maximum absolute atomic E-state index is 11.2. The van der Waals surface area contributed by atoms with Crippen molar-refractivity contribution in [1.82, 2.24) is 0 Å². The summed E-state index contributed by atoms with van der Waals surface area (Å²) in [6.45, 7) is 1.33. The fourth-order valence-electron chi connectivity index (χ4n) is 3.05. The van der Waals surface area contributed by atoms with Crippen molar-refractivity contribution in [3.05, 3.63) is 101 Å². The molecule has 0 fully saturated rings. The third-order valence-electron chi connectivity index (χ3n) is 4.54. The number of hydrogen-bond acceptors (Lipinski definition) is 4. The van der Waals surface area contributed by atoms with E-state index >= 15 is 0 Å². The number of anilines is 1. The zero-order valence-corrected chi connectivity index (χ0v) is 16.5. The summed E-state index contributed by atoms with van der Waals surface area (Å²) in [5.74, 6) is -0.779. The smallest absolute Gasteiger partial charge is 0.346 e. The number of carbonyl (C=O) groups is 1. The van der Waals surface area contributed by atoms with E-state index in [4.69, 9.17) is 15.1 Å². The monoisotopic (exact) mass is 396 g/mol. The molecule has 0 aliphatic carbocycles. The second-order valence-corrected chi connectivity index (χ2v) is 6.58. The van der Waals surface area contributed by atoms with Crippen molar-refractivity contribution in [3.63, 3.8) is 0 Å². The van der Waals surface area contributed by atoms with E-state index in [9.17, 15) is 4.79 Å². The number of carboxylic acids is 1. The molecule has 30 heavy (non-hydrogen) atoms. The highest BCUT2D eigenvalue weighted by Gasteiger charge is 2.13. The first-order valence-electron chi connectivity index (χ1n) is 9.29. The number of nitriles is 1. The predicted octanol–water partition coefficient (Wildman–Crippen LogP) is 4.49. The lowest BCUT2D eigenvalue weighted by Gasteiger charge is -2.26. The molecule has 0 aromatic heterocycles. The van der Waals surface area contributed by atoms with E-state index in [-0.39, 0.29) is 5.57 Å². The maximum atomic E-state index is 11.2. The van der Waals surface area contributed by atoms with Gasteiger partial charge in [-0.1, -0.05) is 42.5 Å². The van der Waals surface area contributed by atoms with Gasteiger partial charge in [-0.3, -0.25) is 0 Å². The van der Waals surface area contributed by atoms with Crippen LogP contribution in [-0.2, 0) is 17.9 Å². The van der Waals surface area contributed by atoms with Crippen LogP contribution in [0.3, 0.4) is 0 Å². The Morgan fingerprint density at radius 3 is 2.53 bits per heavy atom. The summed E-state index contributed by atoms with van der Waals surface area (Å²) in [5, 5.41) is 18.2. The van der Waals surface area contributed by atoms with Gasteiger partial charge in [-0.05, 0) is 47.5 Å². The van der Waals surface area contributed by atoms with E-state index in [2.05, 4.69) is 29.2 Å². The molecule has 1 N–H and O–H groups in total. The molecule has 0 atom stereocenters. The van der Waals surface area contributed by atoms with Crippen molar-refractivity contribution < 1.29 is 14.6 Å². The number of methoxy groups -OCH3 is 1. The van der Waals surface area contributed by atoms with Crippen molar-refractivity contribution in [2.45, 2.75) is 13.1 Å². The second-order valence-electron chi connectivity index (χ2n) is 6.58. The van der Waals surface area contributed by atoms with Crippen LogP contribution in [0.5, 0.6) is 5.75 Å². The standard InChI is InChI=1S/C25H20N2O3/c1-30-24-15-23(13-12-21(24)14-22(16-26)25(28)29)27(17-19-8-4-2-5-9-19)18-20-10-6-3-7-11-20/h2,4-6,8-15H,17-18H2,1H3,(H,28,29). The number of aliphatic carboxylic acids is 1. The molecule has 0 heterocycles. The first-order valence-corrected chi connectivity index (χ1v) is 9.29. The van der Waals surface area contributed by atoms with E-state index in [0.717, 1.165) is 16.8 Å². The van der Waals surface area contributed by atoms with E-state index in [1.54, 1.807) is 12.1 Å². The first kappa shape index (κ1) is 20.5. The fraction of sp³-hybridized carbons (Fsp3) is 0.120. The Hall–Kier alpha value is -4.22. The van der Waals surface area contributed by atoms with E-state index < -0.39 is 5.97 Å². The molecule has 0 unspecified atom stereocenters. The molecule has 0 bridgehead atoms. The van der Waals surface area contributed by atoms with Gasteiger partial charge in [0.25, 0.3) is 0 Å². The predicted molar refractivity (Wildman–Crippen MR) is 115 cm³/mol. The molecule has 0 amide bonds. The Bertz CT molecular complexity index is 1030. The normalized spacial score (nSPS) is 10.6. The third-order valence-corrected chi connectivity index (χ3v) is 4.54. The highest BCUT2D eigenvalue weighted by Crippen LogP contribution is 2.29. The number of benzene rings is 2. The minimum atomic E-state index is -1.27. The van der Waals surface area contributed by atoms with Gasteiger partial charge in [-0.2, -0.15) is 5.26 Å². The third kappa shape index (κ3) is 5.19. The molecule has 5 nitrogen and oxygen atoms in total. The number of carboxylic acid groups (broad SMARTS) is 1. The highest BCUT2D eigenvalue weighted by atomic mass is 16.5. The van der Waals surface area contributed by atoms with Crippen molar-refractivity contribution in [3.8, 4) is 11.8 Å². The topological polar surface area (TPSA) is 73.6 Å². The Kier molecular flexibility index (Phi) is 6.71. The zero-order valence-electron chi connectivity index (χ0n) is 16.5. The number of rotatable bonds is 8. The minimum absolute atomic E-state index is 0.349. The molecule has 0 saturated heterocycles. The van der Waals surface area contributed by atoms with Gasteiger partial charge >= 0.3 is 5.97 Å². The summed E-state index contributed by atoms with van der Waals surface area (Å²) in [6, 6.07) is 28.9. The van der Waals surface area contributed by atoms with E-state index in [1.165, 1.54) is 13.2 Å². The van der Waals surface area contributed by atoms with Gasteiger partial charge < -0.3 is 14.7 Å². The Morgan fingerprint density at radius 1 is 1.13 bits per heavy atom. The van der Waals surface area contributed by atoms with Crippen LogP contribution in [0.1, 0.15) is 16.7 Å². The lowest BCUT2D eigenvalue weighted by Crippen LogP contribution is -2.22. The summed E-state index contributed by atoms with van der Waals surface area (Å²) >= 11 is 0. The van der Waals surface area contributed by atoms with Crippen molar-refractivity contribution in [1.29, 1.82) is 5.26 Å². The largest absolute Gasteiger partial charge is 0.496 e. The van der Waals surface area contributed by atoms with Crippen LogP contribution in [0.15, 0.2) is 72.3 Å². The second kappa shape index (κ2) is 9.82. The molecule has 5 heteroatoms. The summed E-state index contributed by atoms with van der Waals surface area (Å²) in [4.78, 5) is 13.4. The number of hydrogen-bond donors (Lipinski definition) is 1. The van der Waals surface area contributed by atoms with Gasteiger partial charge in [0.15, 0.2) is 0 Å². The van der Waals surface area contributed by atoms with Crippen LogP contribution >= 0.6 is 0 Å². The quantitative estimate of drug-likeness (QED) is 0.448. The molecule has 0 saturated carbocycles. The lowest BCUT2D eigenvalue weighted by molar-refractivity contribution is -0.132. The van der Waals surface area contributed by atoms with Gasteiger partial charge in [0.1, 0.15) is 17.4 Å². The van der Waals surface area contributed by atoms with Gasteiger partial charge in [0.05, 0.1) is 7.11 Å². The molecular weight excluding hydrogens is 376 g/mol. The molecule has 0 spiro atoms. The molecule has 0 radical (unpaired) electrons. The fourth-order valence-corrected chi connectivity index (χ4v) is 3.05. The summed E-state index contributed by atoms with van der Waals surface area (Å²) in [7, 11) is 1.52. The average molecular weight is 396 g/mol. The molecule has 3 aromatic carbocycles. The lowest BCUT2D eigenvalue weighted by atomic mass is 10.1. The van der Waals surface area contributed by atoms with Crippen LogP contribution in [0.4, 0.5) is 5.69 Å². The van der Waals surface area contributed by atoms with E-state index in [0.29, 0.717) is 24.4 Å². The van der Waals surface area contributed by atoms with Gasteiger partial charge in [0.2, 0.25) is 0 Å². The number of ether oxygens (including phenoxy) is 1. The van der Waals surface area contributed by atoms with Gasteiger partial charge in [-0.15, -0.1) is 0 Å². The maximum Gasteiger partial charge on any atom is 0.346 e. The zero-order chi connectivity index (χ0) is 21.3. The van der Waals surface area contributed by atoms with Crippen LogP contribution < -0.4 is 9.64 Å². The summed E-state index contributed by atoms with van der Waals surface area (Å²) in [6.07, 6.45) is 1.31. The van der Waals surface area contributed by atoms with Gasteiger partial charge in [-0.25, -0.2) is 4.79 Å². The Labute approximate surface area is 176 Å². The molecule has 0 aliphatic rings. The van der Waals surface area contributed by atoms with Crippen LogP contribution in [0, 0.1) is 23.5 Å². The van der Waals surface area contributed by atoms with Crippen LogP contribution in [0.25, 0.3) is 6.08 Å². The highest BCUT2D eigenvalue weighted by molar-refractivity contribution is 5.97. The molecule has 0 aliphatic heterocycles. The van der Waals surface area contributed by atoms with Gasteiger partial charge in [0, 0.05) is 30.4 Å².